The third-order valence-corrected chi connectivity index (χ3v) is 12.0. The van der Waals surface area contributed by atoms with Crippen LogP contribution in [0.5, 0.6) is 0 Å². The molecule has 6 nitrogen and oxygen atoms in total. The van der Waals surface area contributed by atoms with Gasteiger partial charge < -0.3 is 0 Å². The maximum absolute atomic E-state index is 13.9. The van der Waals surface area contributed by atoms with Crippen LogP contribution in [0, 0.1) is 11.8 Å². The van der Waals surface area contributed by atoms with E-state index >= 15 is 0 Å². The van der Waals surface area contributed by atoms with Gasteiger partial charge in [0, 0.05) is 10.0 Å². The summed E-state index contributed by atoms with van der Waals surface area (Å²) in [7, 11) is 0. The van der Waals surface area contributed by atoms with Gasteiger partial charge in [-0.05, 0) is 24.3 Å². The molecule has 198 valence electrons. The van der Waals surface area contributed by atoms with Crippen LogP contribution in [0.2, 0.25) is 5.02 Å². The molecular formula is C24H12BrCl7N2O4. The van der Waals surface area contributed by atoms with Gasteiger partial charge in [-0.3, -0.25) is 19.2 Å². The molecule has 2 bridgehead atoms. The first-order chi connectivity index (χ1) is 17.7. The third kappa shape index (κ3) is 3.59. The highest BCUT2D eigenvalue weighted by Gasteiger charge is 2.88. The summed E-state index contributed by atoms with van der Waals surface area (Å²) < 4.78 is -1.42. The number of alkyl halides is 4. The fourth-order valence-electron chi connectivity index (χ4n) is 5.09. The van der Waals surface area contributed by atoms with Gasteiger partial charge in [-0.15, -0.1) is 23.2 Å². The topological polar surface area (TPSA) is 74.8 Å². The number of allylic oxidation sites excluding steroid dienone is 2. The number of amides is 3. The minimum atomic E-state index is -2.14. The molecule has 14 heteroatoms. The SMILES string of the molecule is O=C(CN(C(=O)c1ccccc1Cl)N1C(=O)[C@H]2[C@H](C1=O)[C@@]1(Cl)C(Cl)=C(Cl)[C@@]2(Cl)C1(Cl)Cl)c1ccc(Br)cc1. The van der Waals surface area contributed by atoms with Gasteiger partial charge in [0.05, 0.1) is 32.5 Å². The van der Waals surface area contributed by atoms with Gasteiger partial charge in [0.2, 0.25) is 0 Å². The number of fused-ring (bicyclic) bond motifs is 5. The summed E-state index contributed by atoms with van der Waals surface area (Å²) in [4.78, 5) is 50.6. The maximum Gasteiger partial charge on any atom is 0.274 e. The molecule has 0 spiro atoms. The normalized spacial score (nSPS) is 29.2. The van der Waals surface area contributed by atoms with E-state index in [1.165, 1.54) is 30.3 Å². The van der Waals surface area contributed by atoms with Gasteiger partial charge in [0.1, 0.15) is 16.3 Å². The number of benzene rings is 2. The van der Waals surface area contributed by atoms with Crippen molar-refractivity contribution < 1.29 is 19.2 Å². The average molecular weight is 720 g/mol. The number of nitrogens with zero attached hydrogens (tertiary/aromatic N) is 2. The van der Waals surface area contributed by atoms with Crippen molar-refractivity contribution in [3.05, 3.63) is 79.2 Å². The van der Waals surface area contributed by atoms with E-state index in [9.17, 15) is 19.2 Å². The fraction of sp³-hybridized carbons (Fsp3) is 0.250. The lowest BCUT2D eigenvalue weighted by molar-refractivity contribution is -0.154. The number of rotatable bonds is 5. The van der Waals surface area contributed by atoms with Crippen LogP contribution < -0.4 is 0 Å². The summed E-state index contributed by atoms with van der Waals surface area (Å²) in [5.41, 5.74) is 0.165. The second-order valence-electron chi connectivity index (χ2n) is 8.84. The van der Waals surface area contributed by atoms with E-state index in [-0.39, 0.29) is 26.2 Å². The quantitative estimate of drug-likeness (QED) is 0.194. The van der Waals surface area contributed by atoms with Crippen molar-refractivity contribution >= 4 is 121 Å². The smallest absolute Gasteiger partial charge is 0.274 e. The summed E-state index contributed by atoms with van der Waals surface area (Å²) in [6, 6.07) is 12.3. The van der Waals surface area contributed by atoms with Gasteiger partial charge in [0.25, 0.3) is 17.7 Å². The molecule has 38 heavy (non-hydrogen) atoms. The Morgan fingerprint density at radius 3 is 1.84 bits per heavy atom. The number of hydrogen-bond acceptors (Lipinski definition) is 4. The number of ketones is 1. The molecule has 1 saturated carbocycles. The lowest BCUT2D eigenvalue weighted by Crippen LogP contribution is -2.56. The van der Waals surface area contributed by atoms with Crippen molar-refractivity contribution in [3.63, 3.8) is 0 Å². The molecule has 1 aliphatic heterocycles. The molecule has 1 saturated heterocycles. The number of halogens is 8. The number of imide groups is 1. The van der Waals surface area contributed by atoms with Crippen molar-refractivity contribution in [2.45, 2.75) is 14.1 Å². The van der Waals surface area contributed by atoms with Gasteiger partial charge in [-0.25, -0.2) is 5.01 Å². The third-order valence-electron chi connectivity index (χ3n) is 6.93. The Bertz CT molecular complexity index is 1420. The van der Waals surface area contributed by atoms with Crippen molar-refractivity contribution in [2.24, 2.45) is 11.8 Å². The first-order valence-electron chi connectivity index (χ1n) is 10.8. The number of carbonyl (C=O) groups excluding carboxylic acids is 4. The molecule has 0 N–H and O–H groups in total. The molecule has 3 aliphatic rings. The van der Waals surface area contributed by atoms with E-state index in [2.05, 4.69) is 15.9 Å². The molecular weight excluding hydrogens is 708 g/mol. The summed E-state index contributed by atoms with van der Waals surface area (Å²) in [6.45, 7) is -0.699. The Morgan fingerprint density at radius 1 is 0.842 bits per heavy atom. The van der Waals surface area contributed by atoms with E-state index < -0.39 is 56.0 Å². The van der Waals surface area contributed by atoms with Gasteiger partial charge in [0.15, 0.2) is 10.1 Å². The number of Topliss-reactive ketones (excluding diaryl/α,β-unsaturated/α-hetero) is 1. The summed E-state index contributed by atoms with van der Waals surface area (Å²) >= 11 is 48.9. The molecule has 3 amide bonds. The largest absolute Gasteiger partial charge is 0.292 e. The van der Waals surface area contributed by atoms with Crippen LogP contribution in [0.15, 0.2) is 63.1 Å². The van der Waals surface area contributed by atoms with Crippen molar-refractivity contribution in [1.82, 2.24) is 10.0 Å². The Balaban J connectivity index is 1.61. The number of carbonyl (C=O) groups is 4. The molecule has 2 aliphatic carbocycles. The molecule has 1 heterocycles. The molecule has 0 radical (unpaired) electrons. The van der Waals surface area contributed by atoms with E-state index in [0.29, 0.717) is 10.0 Å². The number of hydrazine groups is 1. The molecule has 4 atom stereocenters. The summed E-state index contributed by atoms with van der Waals surface area (Å²) in [6.07, 6.45) is 0. The standard InChI is InChI=1S/C24H12BrCl7N2O4/c25-11-7-5-10(6-8-11)14(35)9-33(19(36)12-3-1-2-4-13(12)26)34-20(37)15-16(21(34)38)23(30)18(28)17(27)22(15,29)24(23,31)32/h1-8,15-16H,9H2/t15-,16-,22-,23-/m1/s1. The van der Waals surface area contributed by atoms with E-state index in [0.717, 1.165) is 4.47 Å². The first-order valence-corrected chi connectivity index (χ1v) is 14.2. The van der Waals surface area contributed by atoms with Crippen LogP contribution >= 0.6 is 97.1 Å². The zero-order valence-electron chi connectivity index (χ0n) is 18.5. The van der Waals surface area contributed by atoms with Crippen molar-refractivity contribution in [2.75, 3.05) is 6.54 Å². The summed E-state index contributed by atoms with van der Waals surface area (Å²) in [5.74, 6) is -6.38. The molecule has 5 rings (SSSR count). The highest BCUT2D eigenvalue weighted by Crippen LogP contribution is 2.77. The highest BCUT2D eigenvalue weighted by atomic mass is 79.9. The second-order valence-corrected chi connectivity index (χ2v) is 13.4. The van der Waals surface area contributed by atoms with E-state index in [4.69, 9.17) is 81.2 Å². The first kappa shape index (κ1) is 28.5. The van der Waals surface area contributed by atoms with Gasteiger partial charge in [-0.1, -0.05) is 98.2 Å². The molecule has 0 unspecified atom stereocenters. The lowest BCUT2D eigenvalue weighted by atomic mass is 9.84. The Kier molecular flexibility index (Phi) is 7.14. The number of hydrogen-bond donors (Lipinski definition) is 0. The Morgan fingerprint density at radius 2 is 1.34 bits per heavy atom. The lowest BCUT2D eigenvalue weighted by Gasteiger charge is -2.36. The molecule has 2 aromatic rings. The van der Waals surface area contributed by atoms with Crippen LogP contribution in [0.25, 0.3) is 0 Å². The monoisotopic (exact) mass is 716 g/mol. The maximum atomic E-state index is 13.9. The van der Waals surface area contributed by atoms with Crippen LogP contribution in [0.1, 0.15) is 20.7 Å². The molecule has 2 aromatic carbocycles. The van der Waals surface area contributed by atoms with Crippen LogP contribution in [0.3, 0.4) is 0 Å². The van der Waals surface area contributed by atoms with Crippen LogP contribution in [0.4, 0.5) is 0 Å². The molecule has 2 fully saturated rings. The van der Waals surface area contributed by atoms with Gasteiger partial charge in [-0.2, -0.15) is 5.01 Å². The predicted octanol–water partition coefficient (Wildman–Crippen LogP) is 6.79. The summed E-state index contributed by atoms with van der Waals surface area (Å²) in [5, 5.41) is 0.726. The van der Waals surface area contributed by atoms with Crippen LogP contribution in [-0.2, 0) is 9.59 Å². The van der Waals surface area contributed by atoms with Crippen molar-refractivity contribution in [1.29, 1.82) is 0 Å². The second kappa shape index (κ2) is 9.52. The van der Waals surface area contributed by atoms with E-state index in [1.807, 2.05) is 0 Å². The van der Waals surface area contributed by atoms with Gasteiger partial charge >= 0.3 is 0 Å². The van der Waals surface area contributed by atoms with Crippen molar-refractivity contribution in [3.8, 4) is 0 Å². The zero-order chi connectivity index (χ0) is 27.9. The minimum Gasteiger partial charge on any atom is -0.292 e. The highest BCUT2D eigenvalue weighted by molar-refractivity contribution is 9.10. The predicted molar refractivity (Wildman–Crippen MR) is 150 cm³/mol. The Labute approximate surface area is 259 Å². The molecule has 0 aromatic heterocycles. The zero-order valence-corrected chi connectivity index (χ0v) is 25.4. The fourth-order valence-corrected chi connectivity index (χ4v) is 8.50. The Hall–Kier alpha value is -1.03. The minimum absolute atomic E-state index is 0.0360. The average Bonchev–Trinajstić information content (AvgIpc) is 3.26. The van der Waals surface area contributed by atoms with Crippen LogP contribution in [-0.4, -0.2) is 54.1 Å². The van der Waals surface area contributed by atoms with E-state index in [1.54, 1.807) is 18.2 Å².